The van der Waals surface area contributed by atoms with Crippen LogP contribution in [0.25, 0.3) is 17.5 Å². The molecule has 174 valence electrons. The van der Waals surface area contributed by atoms with Crippen LogP contribution in [0, 0.1) is 19.3 Å². The molecule has 0 amide bonds. The van der Waals surface area contributed by atoms with Gasteiger partial charge in [-0.25, -0.2) is 4.68 Å². The average molecular weight is 449 g/mol. The monoisotopic (exact) mass is 448 g/mol. The van der Waals surface area contributed by atoms with E-state index in [2.05, 4.69) is 34.7 Å². The quantitative estimate of drug-likeness (QED) is 0.467. The normalized spacial score (nSPS) is 18.9. The van der Waals surface area contributed by atoms with E-state index in [1.807, 2.05) is 44.3 Å². The van der Waals surface area contributed by atoms with Gasteiger partial charge in [-0.3, -0.25) is 9.69 Å². The molecule has 0 aliphatic carbocycles. The van der Waals surface area contributed by atoms with Crippen LogP contribution in [-0.4, -0.2) is 45.5 Å². The second kappa shape index (κ2) is 9.75. The first kappa shape index (κ1) is 23.0. The molecule has 1 fully saturated rings. The predicted octanol–water partition coefficient (Wildman–Crippen LogP) is 4.64. The Balaban J connectivity index is 1.57. The lowest BCUT2D eigenvalue weighted by molar-refractivity contribution is -0.159. The lowest BCUT2D eigenvalue weighted by atomic mass is 9.76. The minimum atomic E-state index is -0.668. The molecule has 0 N–H and O–H groups in total. The zero-order chi connectivity index (χ0) is 23.4. The molecule has 1 aliphatic rings. The first-order valence-corrected chi connectivity index (χ1v) is 11.5. The van der Waals surface area contributed by atoms with Gasteiger partial charge in [0.25, 0.3) is 0 Å². The summed E-state index contributed by atoms with van der Waals surface area (Å²) in [5.74, 6) is 0.542. The van der Waals surface area contributed by atoms with Gasteiger partial charge in [-0.1, -0.05) is 36.0 Å². The first-order chi connectivity index (χ1) is 15.9. The van der Waals surface area contributed by atoms with Gasteiger partial charge in [0.2, 0.25) is 0 Å². The minimum absolute atomic E-state index is 0.165. The molecular formula is C26H32N4O3. The van der Waals surface area contributed by atoms with Gasteiger partial charge in [0.15, 0.2) is 0 Å². The summed E-state index contributed by atoms with van der Waals surface area (Å²) in [6.45, 7) is 12.3. The van der Waals surface area contributed by atoms with E-state index in [1.54, 1.807) is 10.9 Å². The molecule has 7 heteroatoms. The molecule has 2 aromatic heterocycles. The molecule has 1 saturated heterocycles. The molecule has 1 aromatic carbocycles. The molecule has 0 spiro atoms. The highest BCUT2D eigenvalue weighted by atomic mass is 16.5. The molecule has 0 bridgehead atoms. The molecule has 1 atom stereocenters. The summed E-state index contributed by atoms with van der Waals surface area (Å²) < 4.78 is 13.0. The number of benzene rings is 1. The summed E-state index contributed by atoms with van der Waals surface area (Å²) in [7, 11) is 0. The van der Waals surface area contributed by atoms with Gasteiger partial charge in [0.1, 0.15) is 11.5 Å². The van der Waals surface area contributed by atoms with Crippen molar-refractivity contribution < 1.29 is 14.1 Å². The number of aromatic nitrogens is 3. The van der Waals surface area contributed by atoms with Gasteiger partial charge in [0, 0.05) is 49.1 Å². The van der Waals surface area contributed by atoms with Crippen molar-refractivity contribution in [2.75, 3.05) is 19.7 Å². The van der Waals surface area contributed by atoms with Crippen molar-refractivity contribution in [2.45, 2.75) is 46.6 Å². The van der Waals surface area contributed by atoms with E-state index in [1.165, 1.54) is 0 Å². The topological polar surface area (TPSA) is 73.4 Å². The molecular weight excluding hydrogens is 416 g/mol. The lowest BCUT2D eigenvalue weighted by Gasteiger charge is -2.40. The SMILES string of the molecule is C=Cn1cc(CN2CCC[C@@](Cc3cc(-c4ccccc4C)no3)(C(=O)OCC)C2)c(C)n1. The first-order valence-electron chi connectivity index (χ1n) is 11.5. The third kappa shape index (κ3) is 4.93. The van der Waals surface area contributed by atoms with Crippen molar-refractivity contribution in [2.24, 2.45) is 5.41 Å². The zero-order valence-corrected chi connectivity index (χ0v) is 19.7. The summed E-state index contributed by atoms with van der Waals surface area (Å²) in [6, 6.07) is 10.0. The van der Waals surface area contributed by atoms with Crippen LogP contribution in [0.5, 0.6) is 0 Å². The van der Waals surface area contributed by atoms with Crippen LogP contribution in [0.2, 0.25) is 0 Å². The van der Waals surface area contributed by atoms with E-state index in [9.17, 15) is 4.79 Å². The van der Waals surface area contributed by atoms with Crippen molar-refractivity contribution in [1.29, 1.82) is 0 Å². The van der Waals surface area contributed by atoms with E-state index in [0.717, 1.165) is 54.0 Å². The molecule has 33 heavy (non-hydrogen) atoms. The van der Waals surface area contributed by atoms with Gasteiger partial charge in [-0.2, -0.15) is 5.10 Å². The molecule has 0 unspecified atom stereocenters. The van der Waals surface area contributed by atoms with Crippen molar-refractivity contribution in [3.63, 3.8) is 0 Å². The molecule has 0 radical (unpaired) electrons. The standard InChI is InChI=1S/C26H32N4O3/c1-5-30-17-21(20(4)27-30)16-29-13-9-12-26(18-29,25(31)32-6-2)15-22-14-24(28-33-22)23-11-8-7-10-19(23)3/h5,7-8,10-11,14,17H,1,6,9,12-13,15-16,18H2,2-4H3/t26-/m0/s1. The molecule has 0 saturated carbocycles. The number of hydrogen-bond donors (Lipinski definition) is 0. The number of aryl methyl sites for hydroxylation is 2. The molecule has 3 heterocycles. The number of hydrogen-bond acceptors (Lipinski definition) is 6. The van der Waals surface area contributed by atoms with E-state index in [0.29, 0.717) is 25.3 Å². The van der Waals surface area contributed by atoms with Crippen LogP contribution < -0.4 is 0 Å². The van der Waals surface area contributed by atoms with Crippen molar-refractivity contribution in [3.05, 3.63) is 65.7 Å². The zero-order valence-electron chi connectivity index (χ0n) is 19.7. The van der Waals surface area contributed by atoms with Gasteiger partial charge < -0.3 is 9.26 Å². The molecule has 4 rings (SSSR count). The number of carbonyl (C=O) groups excluding carboxylic acids is 1. The summed E-state index contributed by atoms with van der Waals surface area (Å²) in [5.41, 5.74) is 4.41. The van der Waals surface area contributed by atoms with E-state index in [-0.39, 0.29) is 5.97 Å². The fourth-order valence-electron chi connectivity index (χ4n) is 4.76. The second-order valence-electron chi connectivity index (χ2n) is 8.89. The maximum Gasteiger partial charge on any atom is 0.313 e. The van der Waals surface area contributed by atoms with Crippen molar-refractivity contribution >= 4 is 12.2 Å². The summed E-state index contributed by atoms with van der Waals surface area (Å²) in [6.07, 6.45) is 5.81. The number of rotatable bonds is 8. The Bertz CT molecular complexity index is 1130. The Labute approximate surface area is 195 Å². The Hall–Kier alpha value is -3.19. The number of piperidine rings is 1. The van der Waals surface area contributed by atoms with E-state index < -0.39 is 5.41 Å². The van der Waals surface area contributed by atoms with Crippen LogP contribution in [0.3, 0.4) is 0 Å². The van der Waals surface area contributed by atoms with Gasteiger partial charge in [0.05, 0.1) is 17.7 Å². The third-order valence-electron chi connectivity index (χ3n) is 6.46. The highest BCUT2D eigenvalue weighted by Crippen LogP contribution is 2.37. The fourth-order valence-corrected chi connectivity index (χ4v) is 4.76. The maximum atomic E-state index is 13.2. The third-order valence-corrected chi connectivity index (χ3v) is 6.46. The van der Waals surface area contributed by atoms with Gasteiger partial charge in [-0.05, 0) is 45.7 Å². The van der Waals surface area contributed by atoms with Crippen molar-refractivity contribution in [3.8, 4) is 11.3 Å². The van der Waals surface area contributed by atoms with Crippen LogP contribution in [0.15, 0.2) is 47.6 Å². The largest absolute Gasteiger partial charge is 0.466 e. The molecule has 3 aromatic rings. The average Bonchev–Trinajstić information content (AvgIpc) is 3.40. The number of esters is 1. The molecule has 1 aliphatic heterocycles. The predicted molar refractivity (Wildman–Crippen MR) is 127 cm³/mol. The fraction of sp³-hybridized carbons (Fsp3) is 0.423. The van der Waals surface area contributed by atoms with Gasteiger partial charge in [-0.15, -0.1) is 0 Å². The maximum absolute atomic E-state index is 13.2. The molecule has 7 nitrogen and oxygen atoms in total. The summed E-state index contributed by atoms with van der Waals surface area (Å²) in [5, 5.41) is 8.76. The minimum Gasteiger partial charge on any atom is -0.466 e. The second-order valence-corrected chi connectivity index (χ2v) is 8.89. The Kier molecular flexibility index (Phi) is 6.79. The smallest absolute Gasteiger partial charge is 0.313 e. The Morgan fingerprint density at radius 3 is 2.88 bits per heavy atom. The van der Waals surface area contributed by atoms with Crippen LogP contribution >= 0.6 is 0 Å². The van der Waals surface area contributed by atoms with E-state index >= 15 is 0 Å². The number of ether oxygens (including phenoxy) is 1. The summed E-state index contributed by atoms with van der Waals surface area (Å²) in [4.78, 5) is 15.5. The van der Waals surface area contributed by atoms with Crippen molar-refractivity contribution in [1.82, 2.24) is 19.8 Å². The highest BCUT2D eigenvalue weighted by Gasteiger charge is 2.44. The highest BCUT2D eigenvalue weighted by molar-refractivity contribution is 5.78. The van der Waals surface area contributed by atoms with Crippen LogP contribution in [0.1, 0.15) is 42.3 Å². The van der Waals surface area contributed by atoms with Crippen LogP contribution in [-0.2, 0) is 22.5 Å². The summed E-state index contributed by atoms with van der Waals surface area (Å²) >= 11 is 0. The van der Waals surface area contributed by atoms with E-state index in [4.69, 9.17) is 9.26 Å². The Morgan fingerprint density at radius 2 is 2.15 bits per heavy atom. The van der Waals surface area contributed by atoms with Gasteiger partial charge >= 0.3 is 5.97 Å². The number of carbonyl (C=O) groups is 1. The Morgan fingerprint density at radius 1 is 1.33 bits per heavy atom. The van der Waals surface area contributed by atoms with Crippen LogP contribution in [0.4, 0.5) is 0 Å². The number of nitrogens with zero attached hydrogens (tertiary/aromatic N) is 4. The lowest BCUT2D eigenvalue weighted by Crippen LogP contribution is -2.49. The number of likely N-dealkylation sites (tertiary alicyclic amines) is 1.